The number of ether oxygens (including phenoxy) is 2. The Morgan fingerprint density at radius 1 is 0.967 bits per heavy atom. The van der Waals surface area contributed by atoms with Crippen LogP contribution in [0.25, 0.3) is 0 Å². The van der Waals surface area contributed by atoms with Gasteiger partial charge in [-0.2, -0.15) is 0 Å². The van der Waals surface area contributed by atoms with Crippen molar-refractivity contribution in [1.82, 2.24) is 5.32 Å². The Morgan fingerprint density at radius 2 is 1.60 bits per heavy atom. The molecule has 6 heteroatoms. The van der Waals surface area contributed by atoms with E-state index in [4.69, 9.17) is 9.47 Å². The summed E-state index contributed by atoms with van der Waals surface area (Å²) in [6.07, 6.45) is 5.02. The molecule has 1 atom stereocenters. The first-order valence-corrected chi connectivity index (χ1v) is 10.7. The fourth-order valence-electron chi connectivity index (χ4n) is 3.50. The number of benzene rings is 2. The summed E-state index contributed by atoms with van der Waals surface area (Å²) in [4.78, 5) is 24.8. The molecule has 0 bridgehead atoms. The van der Waals surface area contributed by atoms with Crippen molar-refractivity contribution < 1.29 is 19.1 Å². The van der Waals surface area contributed by atoms with Crippen molar-refractivity contribution >= 4 is 17.5 Å². The monoisotopic (exact) mass is 410 g/mol. The molecule has 1 aliphatic carbocycles. The minimum absolute atomic E-state index is 0.0604. The zero-order valence-corrected chi connectivity index (χ0v) is 17.6. The molecule has 0 heterocycles. The molecule has 2 amide bonds. The van der Waals surface area contributed by atoms with Gasteiger partial charge >= 0.3 is 0 Å². The van der Waals surface area contributed by atoms with E-state index in [0.29, 0.717) is 23.6 Å². The van der Waals surface area contributed by atoms with Crippen molar-refractivity contribution in [2.24, 2.45) is 0 Å². The second-order valence-electron chi connectivity index (χ2n) is 7.54. The highest BCUT2D eigenvalue weighted by atomic mass is 16.5. The molecule has 0 unspecified atom stereocenters. The summed E-state index contributed by atoms with van der Waals surface area (Å²) in [6, 6.07) is 14.4. The fraction of sp³-hybridized carbons (Fsp3) is 0.417. The van der Waals surface area contributed by atoms with Gasteiger partial charge in [0.15, 0.2) is 6.10 Å². The lowest BCUT2D eigenvalue weighted by molar-refractivity contribution is -0.122. The van der Waals surface area contributed by atoms with E-state index in [1.165, 1.54) is 19.3 Å². The molecule has 1 fully saturated rings. The number of hydrogen-bond donors (Lipinski definition) is 2. The Bertz CT molecular complexity index is 827. The average molecular weight is 411 g/mol. The molecule has 0 aromatic heterocycles. The lowest BCUT2D eigenvalue weighted by atomic mass is 9.95. The second kappa shape index (κ2) is 10.7. The number of nitrogens with one attached hydrogen (secondary N) is 2. The zero-order valence-electron chi connectivity index (χ0n) is 17.6. The number of amides is 2. The molecule has 0 saturated heterocycles. The van der Waals surface area contributed by atoms with Crippen LogP contribution in [0.2, 0.25) is 0 Å². The van der Waals surface area contributed by atoms with Crippen LogP contribution in [-0.2, 0) is 4.79 Å². The van der Waals surface area contributed by atoms with Crippen molar-refractivity contribution in [2.45, 2.75) is 58.1 Å². The molecule has 3 rings (SSSR count). The molecule has 30 heavy (non-hydrogen) atoms. The van der Waals surface area contributed by atoms with Crippen LogP contribution >= 0.6 is 0 Å². The van der Waals surface area contributed by atoms with Gasteiger partial charge in [-0.05, 0) is 75.2 Å². The number of rotatable bonds is 8. The van der Waals surface area contributed by atoms with Crippen LogP contribution in [0.5, 0.6) is 11.5 Å². The van der Waals surface area contributed by atoms with Gasteiger partial charge in [-0.25, -0.2) is 0 Å². The van der Waals surface area contributed by atoms with E-state index >= 15 is 0 Å². The Kier molecular flexibility index (Phi) is 7.71. The van der Waals surface area contributed by atoms with Gasteiger partial charge < -0.3 is 20.1 Å². The van der Waals surface area contributed by atoms with E-state index in [1.807, 2.05) is 19.1 Å². The number of hydrogen-bond acceptors (Lipinski definition) is 4. The van der Waals surface area contributed by atoms with Gasteiger partial charge in [0.1, 0.15) is 11.5 Å². The summed E-state index contributed by atoms with van der Waals surface area (Å²) in [5, 5.41) is 5.92. The molecule has 0 radical (unpaired) electrons. The largest absolute Gasteiger partial charge is 0.494 e. The topological polar surface area (TPSA) is 76.7 Å². The molecule has 0 spiro atoms. The third-order valence-electron chi connectivity index (χ3n) is 5.17. The maximum absolute atomic E-state index is 12.4. The van der Waals surface area contributed by atoms with Gasteiger partial charge in [0.2, 0.25) is 0 Å². The van der Waals surface area contributed by atoms with E-state index in [1.54, 1.807) is 43.3 Å². The predicted octanol–water partition coefficient (Wildman–Crippen LogP) is 4.55. The summed E-state index contributed by atoms with van der Waals surface area (Å²) < 4.78 is 11.1. The highest BCUT2D eigenvalue weighted by Gasteiger charge is 2.18. The lowest BCUT2D eigenvalue weighted by Gasteiger charge is -2.22. The van der Waals surface area contributed by atoms with E-state index in [0.717, 1.165) is 18.6 Å². The first-order chi connectivity index (χ1) is 14.5. The Morgan fingerprint density at radius 3 is 2.23 bits per heavy atom. The van der Waals surface area contributed by atoms with E-state index < -0.39 is 6.10 Å². The molecular formula is C24H30N2O4. The number of anilines is 1. The maximum atomic E-state index is 12.4. The number of carbonyl (C=O) groups excluding carboxylic acids is 2. The van der Waals surface area contributed by atoms with Crippen molar-refractivity contribution in [2.75, 3.05) is 11.9 Å². The SMILES string of the molecule is CCOc1ccc(NC(=O)[C@H](C)Oc2ccc(C(=O)NC3CCCCC3)cc2)cc1. The molecule has 1 aliphatic rings. The van der Waals surface area contributed by atoms with Crippen LogP contribution in [-0.4, -0.2) is 30.6 Å². The third-order valence-corrected chi connectivity index (χ3v) is 5.17. The maximum Gasteiger partial charge on any atom is 0.265 e. The van der Waals surface area contributed by atoms with Gasteiger partial charge in [0, 0.05) is 17.3 Å². The predicted molar refractivity (Wildman–Crippen MR) is 117 cm³/mol. The van der Waals surface area contributed by atoms with Crippen LogP contribution in [0.4, 0.5) is 5.69 Å². The van der Waals surface area contributed by atoms with E-state index in [2.05, 4.69) is 10.6 Å². The highest BCUT2D eigenvalue weighted by molar-refractivity contribution is 5.95. The smallest absolute Gasteiger partial charge is 0.265 e. The second-order valence-corrected chi connectivity index (χ2v) is 7.54. The molecular weight excluding hydrogens is 380 g/mol. The van der Waals surface area contributed by atoms with E-state index in [9.17, 15) is 9.59 Å². The number of carbonyl (C=O) groups is 2. The van der Waals surface area contributed by atoms with Crippen LogP contribution in [0.3, 0.4) is 0 Å². The van der Waals surface area contributed by atoms with Crippen molar-refractivity contribution in [1.29, 1.82) is 0 Å². The molecule has 6 nitrogen and oxygen atoms in total. The van der Waals surface area contributed by atoms with Gasteiger partial charge in [0.05, 0.1) is 6.61 Å². The van der Waals surface area contributed by atoms with Gasteiger partial charge in [-0.3, -0.25) is 9.59 Å². The lowest BCUT2D eigenvalue weighted by Crippen LogP contribution is -2.36. The minimum atomic E-state index is -0.682. The van der Waals surface area contributed by atoms with Crippen LogP contribution in [0, 0.1) is 0 Å². The van der Waals surface area contributed by atoms with Crippen molar-refractivity contribution in [3.05, 3.63) is 54.1 Å². The Hall–Kier alpha value is -3.02. The molecule has 0 aliphatic heterocycles. The van der Waals surface area contributed by atoms with Gasteiger partial charge in [-0.15, -0.1) is 0 Å². The molecule has 2 aromatic rings. The van der Waals surface area contributed by atoms with Crippen LogP contribution in [0.1, 0.15) is 56.3 Å². The highest BCUT2D eigenvalue weighted by Crippen LogP contribution is 2.20. The summed E-state index contributed by atoms with van der Waals surface area (Å²) >= 11 is 0. The average Bonchev–Trinajstić information content (AvgIpc) is 2.76. The molecule has 2 aromatic carbocycles. The summed E-state index contributed by atoms with van der Waals surface area (Å²) in [5.41, 5.74) is 1.27. The van der Waals surface area contributed by atoms with Crippen LogP contribution < -0.4 is 20.1 Å². The zero-order chi connectivity index (χ0) is 21.3. The minimum Gasteiger partial charge on any atom is -0.494 e. The molecule has 1 saturated carbocycles. The first kappa shape index (κ1) is 21.7. The summed E-state index contributed by atoms with van der Waals surface area (Å²) in [7, 11) is 0. The van der Waals surface area contributed by atoms with Crippen molar-refractivity contribution in [3.63, 3.8) is 0 Å². The molecule has 160 valence electrons. The summed E-state index contributed by atoms with van der Waals surface area (Å²) in [5.74, 6) is 0.985. The Balaban J connectivity index is 1.50. The molecule has 2 N–H and O–H groups in total. The van der Waals surface area contributed by atoms with Crippen molar-refractivity contribution in [3.8, 4) is 11.5 Å². The van der Waals surface area contributed by atoms with Gasteiger partial charge in [-0.1, -0.05) is 19.3 Å². The Labute approximate surface area is 178 Å². The van der Waals surface area contributed by atoms with E-state index in [-0.39, 0.29) is 17.9 Å². The normalized spacial score (nSPS) is 15.1. The standard InChI is InChI=1S/C24H30N2O4/c1-3-29-21-15-11-20(12-16-21)25-23(27)17(2)30-22-13-9-18(10-14-22)24(28)26-19-7-5-4-6-8-19/h9-17,19H,3-8H2,1-2H3,(H,25,27)(H,26,28)/t17-/m0/s1. The van der Waals surface area contributed by atoms with Gasteiger partial charge in [0.25, 0.3) is 11.8 Å². The first-order valence-electron chi connectivity index (χ1n) is 10.7. The fourth-order valence-corrected chi connectivity index (χ4v) is 3.50. The third kappa shape index (κ3) is 6.24. The van der Waals surface area contributed by atoms with Crippen LogP contribution in [0.15, 0.2) is 48.5 Å². The summed E-state index contributed by atoms with van der Waals surface area (Å²) in [6.45, 7) is 4.20. The quantitative estimate of drug-likeness (QED) is 0.669.